The number of halogens is 1. The number of hydrogen-bond donors (Lipinski definition) is 3. The number of hydrogen-bond acceptors (Lipinski definition) is 3. The number of carbonyl (C=O) groups excluding carboxylic acids is 2. The third-order valence-corrected chi connectivity index (χ3v) is 4.02. The van der Waals surface area contributed by atoms with Gasteiger partial charge in [-0.3, -0.25) is 4.79 Å². The number of para-hydroxylation sites is 1. The van der Waals surface area contributed by atoms with Crippen LogP contribution >= 0.6 is 11.6 Å². The molecule has 1 aromatic carbocycles. The summed E-state index contributed by atoms with van der Waals surface area (Å²) in [5, 5.41) is 8.80. The largest absolute Gasteiger partial charge is 0.375 e. The maximum atomic E-state index is 12.2. The molecule has 1 aliphatic heterocycles. The van der Waals surface area contributed by atoms with Gasteiger partial charge in [0.15, 0.2) is 0 Å². The summed E-state index contributed by atoms with van der Waals surface area (Å²) in [5.41, 5.74) is 1.32. The Morgan fingerprint density at radius 1 is 1.41 bits per heavy atom. The van der Waals surface area contributed by atoms with Crippen molar-refractivity contribution in [2.75, 3.05) is 30.9 Å². The molecule has 0 spiro atoms. The molecular weight excluding hydrogens is 304 g/mol. The molecule has 1 fully saturated rings. The van der Waals surface area contributed by atoms with Crippen molar-refractivity contribution in [3.8, 4) is 0 Å². The van der Waals surface area contributed by atoms with E-state index in [1.807, 2.05) is 25.9 Å². The minimum atomic E-state index is -0.518. The maximum absolute atomic E-state index is 12.2. The third-order valence-electron chi connectivity index (χ3n) is 3.72. The first-order valence-corrected chi connectivity index (χ1v) is 7.59. The van der Waals surface area contributed by atoms with Crippen molar-refractivity contribution in [3.05, 3.63) is 23.2 Å². The van der Waals surface area contributed by atoms with E-state index in [1.165, 1.54) is 0 Å². The average molecular weight is 325 g/mol. The molecule has 22 heavy (non-hydrogen) atoms. The Hall–Kier alpha value is -1.95. The van der Waals surface area contributed by atoms with Gasteiger partial charge >= 0.3 is 6.03 Å². The Labute approximate surface area is 135 Å². The number of anilines is 2. The minimum absolute atomic E-state index is 0.104. The van der Waals surface area contributed by atoms with E-state index in [0.29, 0.717) is 17.3 Å². The Morgan fingerprint density at radius 2 is 2.14 bits per heavy atom. The van der Waals surface area contributed by atoms with Crippen LogP contribution in [0.3, 0.4) is 0 Å². The summed E-state index contributed by atoms with van der Waals surface area (Å²) in [6.07, 6.45) is 0.844. The summed E-state index contributed by atoms with van der Waals surface area (Å²) in [7, 11) is 3.70. The molecule has 0 unspecified atom stereocenters. The van der Waals surface area contributed by atoms with Crippen LogP contribution in [0.25, 0.3) is 0 Å². The lowest BCUT2D eigenvalue weighted by Crippen LogP contribution is -2.55. The van der Waals surface area contributed by atoms with Crippen LogP contribution < -0.4 is 20.9 Å². The van der Waals surface area contributed by atoms with Gasteiger partial charge in [0.1, 0.15) is 6.04 Å². The van der Waals surface area contributed by atoms with E-state index < -0.39 is 12.1 Å². The lowest BCUT2D eigenvalue weighted by atomic mass is 9.94. The van der Waals surface area contributed by atoms with E-state index >= 15 is 0 Å². The van der Waals surface area contributed by atoms with Crippen LogP contribution in [-0.4, -0.2) is 38.6 Å². The molecular formula is C15H21ClN4O2. The van der Waals surface area contributed by atoms with Gasteiger partial charge in [0, 0.05) is 20.6 Å². The summed E-state index contributed by atoms with van der Waals surface area (Å²) in [5.74, 6) is -0.0417. The van der Waals surface area contributed by atoms with Crippen LogP contribution in [0.5, 0.6) is 0 Å². The highest BCUT2D eigenvalue weighted by Crippen LogP contribution is 2.32. The van der Waals surface area contributed by atoms with Gasteiger partial charge in [-0.2, -0.15) is 0 Å². The molecule has 1 aromatic rings. The molecule has 2 rings (SSSR count). The van der Waals surface area contributed by atoms with E-state index in [2.05, 4.69) is 16.0 Å². The van der Waals surface area contributed by atoms with E-state index in [-0.39, 0.29) is 11.8 Å². The van der Waals surface area contributed by atoms with Crippen molar-refractivity contribution in [2.45, 2.75) is 19.4 Å². The lowest BCUT2D eigenvalue weighted by Gasteiger charge is -2.29. The molecule has 7 heteroatoms. The molecule has 1 heterocycles. The Kier molecular flexibility index (Phi) is 5.13. The van der Waals surface area contributed by atoms with Gasteiger partial charge in [-0.1, -0.05) is 24.6 Å². The number of amides is 3. The molecule has 1 saturated heterocycles. The molecule has 0 saturated carbocycles. The van der Waals surface area contributed by atoms with Crippen LogP contribution in [0.2, 0.25) is 5.02 Å². The predicted molar refractivity (Wildman–Crippen MR) is 88.5 cm³/mol. The summed E-state index contributed by atoms with van der Waals surface area (Å²) in [4.78, 5) is 25.9. The first-order chi connectivity index (χ1) is 10.4. The minimum Gasteiger partial charge on any atom is -0.375 e. The second-order valence-electron chi connectivity index (χ2n) is 5.66. The zero-order chi connectivity index (χ0) is 16.3. The zero-order valence-corrected chi connectivity index (χ0v) is 13.7. The number of benzene rings is 1. The zero-order valence-electron chi connectivity index (χ0n) is 12.9. The summed E-state index contributed by atoms with van der Waals surface area (Å²) in [6, 6.07) is 4.36. The van der Waals surface area contributed by atoms with E-state index in [4.69, 9.17) is 11.6 Å². The molecule has 3 amide bonds. The Morgan fingerprint density at radius 3 is 2.77 bits per heavy atom. The molecule has 3 N–H and O–H groups in total. The van der Waals surface area contributed by atoms with Crippen molar-refractivity contribution in [2.24, 2.45) is 5.92 Å². The van der Waals surface area contributed by atoms with Crippen molar-refractivity contribution < 1.29 is 9.59 Å². The van der Waals surface area contributed by atoms with Gasteiger partial charge in [-0.25, -0.2) is 4.79 Å². The van der Waals surface area contributed by atoms with Crippen molar-refractivity contribution in [1.29, 1.82) is 0 Å². The molecule has 0 aromatic heterocycles. The SMILES string of the molecule is C[C@H]1CCNC(=O)[C@@H]1NC(=O)Nc1cccc(Cl)c1N(C)C. The first-order valence-electron chi connectivity index (χ1n) is 7.21. The smallest absolute Gasteiger partial charge is 0.319 e. The highest BCUT2D eigenvalue weighted by molar-refractivity contribution is 6.34. The first kappa shape index (κ1) is 16.4. The van der Waals surface area contributed by atoms with Crippen LogP contribution in [-0.2, 0) is 4.79 Å². The Balaban J connectivity index is 2.09. The normalized spacial score (nSPS) is 21.0. The number of piperidine rings is 1. The molecule has 1 aliphatic rings. The number of nitrogens with zero attached hydrogens (tertiary/aromatic N) is 1. The highest BCUT2D eigenvalue weighted by Gasteiger charge is 2.30. The van der Waals surface area contributed by atoms with Crippen molar-refractivity contribution in [3.63, 3.8) is 0 Å². The molecule has 0 aliphatic carbocycles. The fourth-order valence-corrected chi connectivity index (χ4v) is 2.88. The third kappa shape index (κ3) is 3.62. The molecule has 0 bridgehead atoms. The number of carbonyl (C=O) groups is 2. The van der Waals surface area contributed by atoms with Crippen LogP contribution in [0, 0.1) is 5.92 Å². The second kappa shape index (κ2) is 6.87. The van der Waals surface area contributed by atoms with Crippen molar-refractivity contribution >= 4 is 34.9 Å². The van der Waals surface area contributed by atoms with Gasteiger partial charge in [0.2, 0.25) is 5.91 Å². The fraction of sp³-hybridized carbons (Fsp3) is 0.467. The summed E-state index contributed by atoms with van der Waals surface area (Å²) in [6.45, 7) is 2.60. The predicted octanol–water partition coefficient (Wildman–Crippen LogP) is 2.05. The molecule has 6 nitrogen and oxygen atoms in total. The van der Waals surface area contributed by atoms with Crippen LogP contribution in [0.4, 0.5) is 16.2 Å². The fourth-order valence-electron chi connectivity index (χ4n) is 2.54. The molecule has 0 radical (unpaired) electrons. The lowest BCUT2D eigenvalue weighted by molar-refractivity contribution is -0.125. The number of rotatable bonds is 3. The van der Waals surface area contributed by atoms with Crippen LogP contribution in [0.1, 0.15) is 13.3 Å². The topological polar surface area (TPSA) is 73.5 Å². The quantitative estimate of drug-likeness (QED) is 0.796. The van der Waals surface area contributed by atoms with Gasteiger partial charge in [0.25, 0.3) is 0 Å². The monoisotopic (exact) mass is 324 g/mol. The number of nitrogens with one attached hydrogen (secondary N) is 3. The average Bonchev–Trinajstić information content (AvgIpc) is 2.42. The van der Waals surface area contributed by atoms with Gasteiger partial charge in [0.05, 0.1) is 16.4 Å². The van der Waals surface area contributed by atoms with Gasteiger partial charge < -0.3 is 20.9 Å². The van der Waals surface area contributed by atoms with Crippen molar-refractivity contribution in [1.82, 2.24) is 10.6 Å². The molecule has 120 valence electrons. The Bertz CT molecular complexity index is 577. The van der Waals surface area contributed by atoms with Crippen LogP contribution in [0.15, 0.2) is 18.2 Å². The summed E-state index contributed by atoms with van der Waals surface area (Å²) >= 11 is 6.17. The van der Waals surface area contributed by atoms with Gasteiger partial charge in [-0.05, 0) is 24.5 Å². The van der Waals surface area contributed by atoms with E-state index in [0.717, 1.165) is 12.1 Å². The highest BCUT2D eigenvalue weighted by atomic mass is 35.5. The van der Waals surface area contributed by atoms with Gasteiger partial charge in [-0.15, -0.1) is 0 Å². The standard InChI is InChI=1S/C15H21ClN4O2/c1-9-7-8-17-14(21)12(9)19-15(22)18-11-6-4-5-10(16)13(11)20(2)3/h4-6,9,12H,7-8H2,1-3H3,(H,17,21)(H2,18,19,22)/t9-,12+/m0/s1. The summed E-state index contributed by atoms with van der Waals surface area (Å²) < 4.78 is 0. The molecule has 2 atom stereocenters. The number of urea groups is 1. The van der Waals surface area contributed by atoms with E-state index in [1.54, 1.807) is 18.2 Å². The second-order valence-corrected chi connectivity index (χ2v) is 6.07. The maximum Gasteiger partial charge on any atom is 0.319 e. The van der Waals surface area contributed by atoms with E-state index in [9.17, 15) is 9.59 Å².